The predicted molar refractivity (Wildman–Crippen MR) is 206 cm³/mol. The molecule has 0 radical (unpaired) electrons. The largest absolute Gasteiger partial charge is 0.472 e. The van der Waals surface area contributed by atoms with E-state index in [9.17, 15) is 19.0 Å². The zero-order valence-electron chi connectivity index (χ0n) is 32.9. The second-order valence-electron chi connectivity index (χ2n) is 14.7. The Kier molecular flexibility index (Phi) is 32.3. The van der Waals surface area contributed by atoms with E-state index < -0.39 is 26.5 Å². The summed E-state index contributed by atoms with van der Waals surface area (Å²) >= 11 is 0. The number of carbonyl (C=O) groups excluding carboxylic acids is 2. The smallest absolute Gasteiger partial charge is 0.462 e. The van der Waals surface area contributed by atoms with Crippen LogP contribution >= 0.6 is 7.82 Å². The standard InChI is InChI=1S/C40H76NO8P/c1-6-8-10-12-14-16-18-20-21-23-24-26-28-30-32-39(42)46-36-38(37-48-50(44,45)47-35-34-41(3,4)5)49-40(43)33-31-29-27-25-22-19-17-15-13-11-9-7-2/h12,14,18,20,38H,6-11,13,15-17,19,21-37H2,1-5H3/p+1/b14-12-,20-18-/t38-/m1/s1. The van der Waals surface area contributed by atoms with E-state index in [4.69, 9.17) is 18.5 Å². The van der Waals surface area contributed by atoms with Gasteiger partial charge >= 0.3 is 19.8 Å². The molecule has 0 aliphatic carbocycles. The number of unbranched alkanes of at least 4 members (excludes halogenated alkanes) is 18. The first-order chi connectivity index (χ1) is 24.0. The van der Waals surface area contributed by atoms with Gasteiger partial charge in [-0.2, -0.15) is 0 Å². The van der Waals surface area contributed by atoms with Gasteiger partial charge in [0.25, 0.3) is 0 Å². The second-order valence-corrected chi connectivity index (χ2v) is 16.1. The van der Waals surface area contributed by atoms with Crippen molar-refractivity contribution in [1.82, 2.24) is 0 Å². The number of ether oxygens (including phenoxy) is 2. The van der Waals surface area contributed by atoms with E-state index in [1.807, 2.05) is 21.1 Å². The lowest BCUT2D eigenvalue weighted by Crippen LogP contribution is -2.37. The minimum atomic E-state index is -4.37. The predicted octanol–water partition coefficient (Wildman–Crippen LogP) is 10.8. The van der Waals surface area contributed by atoms with Crippen molar-refractivity contribution in [2.75, 3.05) is 47.5 Å². The Morgan fingerprint density at radius 1 is 0.620 bits per heavy atom. The van der Waals surface area contributed by atoms with Crippen LogP contribution in [0, 0.1) is 0 Å². The third-order valence-corrected chi connectivity index (χ3v) is 9.47. The minimum absolute atomic E-state index is 0.0309. The van der Waals surface area contributed by atoms with Crippen molar-refractivity contribution in [2.45, 2.75) is 174 Å². The maximum Gasteiger partial charge on any atom is 0.472 e. The number of nitrogens with zero attached hydrogens (tertiary/aromatic N) is 1. The molecule has 0 aromatic rings. The summed E-state index contributed by atoms with van der Waals surface area (Å²) < 4.78 is 34.2. The maximum absolute atomic E-state index is 12.6. The first kappa shape index (κ1) is 48.5. The number of esters is 2. The summed E-state index contributed by atoms with van der Waals surface area (Å²) in [4.78, 5) is 35.2. The Morgan fingerprint density at radius 2 is 1.10 bits per heavy atom. The van der Waals surface area contributed by atoms with Gasteiger partial charge in [0, 0.05) is 12.8 Å². The molecule has 294 valence electrons. The molecule has 0 spiro atoms. The highest BCUT2D eigenvalue weighted by molar-refractivity contribution is 7.47. The van der Waals surface area contributed by atoms with Crippen molar-refractivity contribution in [2.24, 2.45) is 0 Å². The summed E-state index contributed by atoms with van der Waals surface area (Å²) in [5.41, 5.74) is 0. The summed E-state index contributed by atoms with van der Waals surface area (Å²) in [6, 6.07) is 0. The molecule has 1 N–H and O–H groups in total. The highest BCUT2D eigenvalue weighted by atomic mass is 31.2. The van der Waals surface area contributed by atoms with E-state index in [1.165, 1.54) is 77.0 Å². The zero-order chi connectivity index (χ0) is 37.2. The molecule has 10 heteroatoms. The molecule has 0 bridgehead atoms. The molecular weight excluding hydrogens is 653 g/mol. The molecule has 0 saturated carbocycles. The summed E-state index contributed by atoms with van der Waals surface area (Å²) in [6.07, 6.45) is 33.6. The average Bonchev–Trinajstić information content (AvgIpc) is 3.06. The summed E-state index contributed by atoms with van der Waals surface area (Å²) in [7, 11) is 1.47. The van der Waals surface area contributed by atoms with Gasteiger partial charge in [-0.1, -0.05) is 141 Å². The minimum Gasteiger partial charge on any atom is -0.462 e. The van der Waals surface area contributed by atoms with Gasteiger partial charge in [0.15, 0.2) is 6.10 Å². The van der Waals surface area contributed by atoms with Gasteiger partial charge in [-0.3, -0.25) is 18.6 Å². The van der Waals surface area contributed by atoms with Gasteiger partial charge in [-0.25, -0.2) is 4.57 Å². The van der Waals surface area contributed by atoms with Gasteiger partial charge in [0.2, 0.25) is 0 Å². The Bertz CT molecular complexity index is 918. The fourth-order valence-electron chi connectivity index (χ4n) is 5.26. The lowest BCUT2D eigenvalue weighted by Gasteiger charge is -2.24. The van der Waals surface area contributed by atoms with E-state index in [0.29, 0.717) is 17.4 Å². The van der Waals surface area contributed by atoms with Gasteiger partial charge < -0.3 is 18.9 Å². The van der Waals surface area contributed by atoms with Crippen molar-refractivity contribution >= 4 is 19.8 Å². The van der Waals surface area contributed by atoms with Crippen LogP contribution in [-0.2, 0) is 32.7 Å². The van der Waals surface area contributed by atoms with Gasteiger partial charge in [0.05, 0.1) is 27.7 Å². The van der Waals surface area contributed by atoms with Crippen LogP contribution in [0.15, 0.2) is 24.3 Å². The molecule has 9 nitrogen and oxygen atoms in total. The molecule has 2 atom stereocenters. The van der Waals surface area contributed by atoms with Crippen molar-refractivity contribution in [3.05, 3.63) is 24.3 Å². The van der Waals surface area contributed by atoms with Crippen LogP contribution in [0.1, 0.15) is 168 Å². The quantitative estimate of drug-likeness (QED) is 0.0223. The number of likely N-dealkylation sites (N-methyl/N-ethyl adjacent to an activating group) is 1. The Balaban J connectivity index is 4.43. The Labute approximate surface area is 307 Å². The molecule has 0 saturated heterocycles. The molecular formula is C40H77NO8P+. The normalized spacial score (nSPS) is 14.0. The molecule has 0 aliphatic heterocycles. The lowest BCUT2D eigenvalue weighted by molar-refractivity contribution is -0.870. The lowest BCUT2D eigenvalue weighted by atomic mass is 10.0. The number of quaternary nitrogens is 1. The molecule has 0 heterocycles. The van der Waals surface area contributed by atoms with Gasteiger partial charge in [-0.15, -0.1) is 0 Å². The number of hydrogen-bond acceptors (Lipinski definition) is 7. The second kappa shape index (κ2) is 33.3. The van der Waals surface area contributed by atoms with Crippen molar-refractivity contribution < 1.29 is 42.1 Å². The van der Waals surface area contributed by atoms with Crippen LogP contribution in [0.3, 0.4) is 0 Å². The van der Waals surface area contributed by atoms with Crippen molar-refractivity contribution in [1.29, 1.82) is 0 Å². The monoisotopic (exact) mass is 731 g/mol. The van der Waals surface area contributed by atoms with E-state index in [1.54, 1.807) is 0 Å². The van der Waals surface area contributed by atoms with Gasteiger partial charge in [0.1, 0.15) is 19.8 Å². The molecule has 0 fully saturated rings. The zero-order valence-corrected chi connectivity index (χ0v) is 33.8. The number of allylic oxidation sites excluding steroid dienone is 4. The number of carbonyl (C=O) groups is 2. The van der Waals surface area contributed by atoms with Crippen LogP contribution in [0.4, 0.5) is 0 Å². The molecule has 50 heavy (non-hydrogen) atoms. The van der Waals surface area contributed by atoms with Crippen LogP contribution in [0.25, 0.3) is 0 Å². The molecule has 0 rings (SSSR count). The average molecular weight is 731 g/mol. The molecule has 0 amide bonds. The molecule has 1 unspecified atom stereocenters. The van der Waals surface area contributed by atoms with Crippen LogP contribution in [0.5, 0.6) is 0 Å². The first-order valence-corrected chi connectivity index (χ1v) is 21.6. The number of hydrogen-bond donors (Lipinski definition) is 1. The number of phosphoric acid groups is 1. The Hall–Kier alpha value is -1.51. The Morgan fingerprint density at radius 3 is 1.64 bits per heavy atom. The summed E-state index contributed by atoms with van der Waals surface area (Å²) in [5, 5.41) is 0. The fourth-order valence-corrected chi connectivity index (χ4v) is 6.01. The van der Waals surface area contributed by atoms with E-state index in [-0.39, 0.29) is 32.0 Å². The molecule has 0 aromatic carbocycles. The van der Waals surface area contributed by atoms with Crippen LogP contribution < -0.4 is 0 Å². The van der Waals surface area contributed by atoms with Crippen LogP contribution in [-0.4, -0.2) is 74.9 Å². The first-order valence-electron chi connectivity index (χ1n) is 20.1. The summed E-state index contributed by atoms with van der Waals surface area (Å²) in [5.74, 6) is -0.813. The van der Waals surface area contributed by atoms with Crippen molar-refractivity contribution in [3.63, 3.8) is 0 Å². The third kappa shape index (κ3) is 36.3. The van der Waals surface area contributed by atoms with E-state index in [0.717, 1.165) is 57.8 Å². The van der Waals surface area contributed by atoms with E-state index >= 15 is 0 Å². The highest BCUT2D eigenvalue weighted by Gasteiger charge is 2.27. The SMILES string of the molecule is CCCC/C=C\C/C=C\CCCCCCCC(=O)OC[C@H](COP(=O)(O)OCC[N+](C)(C)C)OC(=O)CCCCCCCCCCCCCC. The maximum atomic E-state index is 12.6. The van der Waals surface area contributed by atoms with E-state index in [2.05, 4.69) is 38.2 Å². The van der Waals surface area contributed by atoms with Crippen molar-refractivity contribution in [3.8, 4) is 0 Å². The number of rotatable bonds is 36. The number of phosphoric ester groups is 1. The topological polar surface area (TPSA) is 108 Å². The highest BCUT2D eigenvalue weighted by Crippen LogP contribution is 2.43. The summed E-state index contributed by atoms with van der Waals surface area (Å²) in [6.45, 7) is 4.35. The van der Waals surface area contributed by atoms with Gasteiger partial charge in [-0.05, 0) is 38.5 Å². The molecule has 0 aliphatic rings. The fraction of sp³-hybridized carbons (Fsp3) is 0.850. The third-order valence-electron chi connectivity index (χ3n) is 8.48. The molecule has 0 aromatic heterocycles. The van der Waals surface area contributed by atoms with Crippen LogP contribution in [0.2, 0.25) is 0 Å².